The fourth-order valence-electron chi connectivity index (χ4n) is 2.04. The minimum absolute atomic E-state index is 0.255. The third-order valence-corrected chi connectivity index (χ3v) is 3.38. The smallest absolute Gasteiger partial charge is 0.339 e. The Bertz CT molecular complexity index is 412. The molecule has 3 heteroatoms. The Morgan fingerprint density at radius 1 is 1.37 bits per heavy atom. The summed E-state index contributed by atoms with van der Waals surface area (Å²) in [7, 11) is 0. The van der Waals surface area contributed by atoms with E-state index in [4.69, 9.17) is 4.74 Å². The Hall–Kier alpha value is -1.51. The largest absolute Gasteiger partial charge is 0.492 e. The number of carbonyl (C=O) groups is 1. The Morgan fingerprint density at radius 3 is 2.68 bits per heavy atom. The molecule has 0 radical (unpaired) electrons. The lowest BCUT2D eigenvalue weighted by Crippen LogP contribution is -2.13. The van der Waals surface area contributed by atoms with Gasteiger partial charge in [-0.15, -0.1) is 0 Å². The average molecular weight is 264 g/mol. The third kappa shape index (κ3) is 4.93. The predicted octanol–water partition coefficient (Wildman–Crippen LogP) is 4.29. The van der Waals surface area contributed by atoms with Crippen LogP contribution in [0.4, 0.5) is 0 Å². The van der Waals surface area contributed by atoms with Crippen LogP contribution in [-0.4, -0.2) is 17.7 Å². The van der Waals surface area contributed by atoms with Gasteiger partial charge in [-0.05, 0) is 31.4 Å². The number of rotatable bonds is 8. The highest BCUT2D eigenvalue weighted by atomic mass is 16.5. The zero-order chi connectivity index (χ0) is 14.3. The second kappa shape index (κ2) is 7.82. The number of benzene rings is 1. The molecule has 0 spiro atoms. The van der Waals surface area contributed by atoms with Crippen LogP contribution < -0.4 is 4.74 Å². The van der Waals surface area contributed by atoms with E-state index in [-0.39, 0.29) is 5.56 Å². The summed E-state index contributed by atoms with van der Waals surface area (Å²) in [6.07, 6.45) is 4.58. The van der Waals surface area contributed by atoms with Crippen molar-refractivity contribution in [3.05, 3.63) is 29.3 Å². The molecular formula is C16H24O3. The van der Waals surface area contributed by atoms with Crippen LogP contribution >= 0.6 is 0 Å². The molecule has 1 aromatic rings. The molecule has 0 aliphatic heterocycles. The summed E-state index contributed by atoms with van der Waals surface area (Å²) in [5.41, 5.74) is 1.19. The molecule has 0 fully saturated rings. The van der Waals surface area contributed by atoms with Crippen LogP contribution in [0.2, 0.25) is 0 Å². The molecule has 0 aliphatic carbocycles. The fourth-order valence-corrected chi connectivity index (χ4v) is 2.04. The topological polar surface area (TPSA) is 46.5 Å². The lowest BCUT2D eigenvalue weighted by Gasteiger charge is -2.16. The summed E-state index contributed by atoms with van der Waals surface area (Å²) in [5, 5.41) is 9.17. The lowest BCUT2D eigenvalue weighted by molar-refractivity contribution is 0.0691. The number of ether oxygens (including phenoxy) is 1. The summed E-state index contributed by atoms with van der Waals surface area (Å²) in [6, 6.07) is 5.30. The Morgan fingerprint density at radius 2 is 2.11 bits per heavy atom. The van der Waals surface area contributed by atoms with E-state index in [0.717, 1.165) is 18.4 Å². The summed E-state index contributed by atoms with van der Waals surface area (Å²) >= 11 is 0. The van der Waals surface area contributed by atoms with Crippen molar-refractivity contribution in [1.82, 2.24) is 0 Å². The van der Waals surface area contributed by atoms with Gasteiger partial charge in [-0.1, -0.05) is 44.7 Å². The van der Waals surface area contributed by atoms with E-state index in [1.807, 2.05) is 13.0 Å². The van der Waals surface area contributed by atoms with Crippen molar-refractivity contribution in [2.45, 2.75) is 46.5 Å². The van der Waals surface area contributed by atoms with Crippen LogP contribution in [0.25, 0.3) is 0 Å². The van der Waals surface area contributed by atoms with Gasteiger partial charge in [-0.25, -0.2) is 4.79 Å². The molecule has 1 atom stereocenters. The standard InChI is InChI=1S/C16H24O3/c1-4-6-7-13(5-2)11-19-15-9-8-12(3)10-14(15)16(17)18/h8-10,13H,4-7,11H2,1-3H3,(H,17,18). The first-order chi connectivity index (χ1) is 9.08. The first kappa shape index (κ1) is 15.5. The van der Waals surface area contributed by atoms with E-state index in [1.54, 1.807) is 12.1 Å². The number of aromatic carboxylic acids is 1. The van der Waals surface area contributed by atoms with Crippen molar-refractivity contribution in [1.29, 1.82) is 0 Å². The molecule has 0 aliphatic rings. The molecule has 3 nitrogen and oxygen atoms in total. The molecule has 0 amide bonds. The van der Waals surface area contributed by atoms with Crippen LogP contribution in [0.1, 0.15) is 55.5 Å². The molecule has 1 aromatic carbocycles. The van der Waals surface area contributed by atoms with Crippen molar-refractivity contribution in [3.8, 4) is 5.75 Å². The van der Waals surface area contributed by atoms with Crippen molar-refractivity contribution in [2.24, 2.45) is 5.92 Å². The quantitative estimate of drug-likeness (QED) is 0.762. The van der Waals surface area contributed by atoms with Gasteiger partial charge >= 0.3 is 5.97 Å². The van der Waals surface area contributed by atoms with Gasteiger partial charge < -0.3 is 9.84 Å². The molecule has 0 aromatic heterocycles. The summed E-state index contributed by atoms with van der Waals surface area (Å²) < 4.78 is 5.72. The van der Waals surface area contributed by atoms with Crippen molar-refractivity contribution < 1.29 is 14.6 Å². The summed E-state index contributed by atoms with van der Waals surface area (Å²) in [6.45, 7) is 6.80. The third-order valence-electron chi connectivity index (χ3n) is 3.38. The minimum Gasteiger partial charge on any atom is -0.492 e. The highest BCUT2D eigenvalue weighted by molar-refractivity contribution is 5.91. The molecular weight excluding hydrogens is 240 g/mol. The molecule has 1 unspecified atom stereocenters. The van der Waals surface area contributed by atoms with Gasteiger partial charge in [0.05, 0.1) is 6.61 Å². The van der Waals surface area contributed by atoms with Crippen molar-refractivity contribution >= 4 is 5.97 Å². The Balaban J connectivity index is 2.68. The highest BCUT2D eigenvalue weighted by Crippen LogP contribution is 2.22. The van der Waals surface area contributed by atoms with E-state index in [2.05, 4.69) is 13.8 Å². The molecule has 106 valence electrons. The van der Waals surface area contributed by atoms with E-state index in [0.29, 0.717) is 18.3 Å². The first-order valence-corrected chi connectivity index (χ1v) is 7.05. The average Bonchev–Trinajstić information content (AvgIpc) is 2.40. The van der Waals surface area contributed by atoms with Gasteiger partial charge in [0.15, 0.2) is 0 Å². The normalized spacial score (nSPS) is 12.2. The van der Waals surface area contributed by atoms with E-state index < -0.39 is 5.97 Å². The maximum absolute atomic E-state index is 11.2. The molecule has 19 heavy (non-hydrogen) atoms. The zero-order valence-corrected chi connectivity index (χ0v) is 12.1. The molecule has 1 N–H and O–H groups in total. The second-order valence-corrected chi connectivity index (χ2v) is 5.03. The van der Waals surface area contributed by atoms with Crippen LogP contribution in [0.5, 0.6) is 5.75 Å². The predicted molar refractivity (Wildman–Crippen MR) is 76.9 cm³/mol. The number of carboxylic acids is 1. The number of unbranched alkanes of at least 4 members (excludes halogenated alkanes) is 1. The molecule has 0 bridgehead atoms. The fraction of sp³-hybridized carbons (Fsp3) is 0.562. The number of hydrogen-bond donors (Lipinski definition) is 1. The zero-order valence-electron chi connectivity index (χ0n) is 12.1. The molecule has 1 rings (SSSR count). The maximum atomic E-state index is 11.2. The number of aryl methyl sites for hydroxylation is 1. The summed E-state index contributed by atoms with van der Waals surface area (Å²) in [4.78, 5) is 11.2. The first-order valence-electron chi connectivity index (χ1n) is 7.05. The summed E-state index contributed by atoms with van der Waals surface area (Å²) in [5.74, 6) is 0.0521. The van der Waals surface area contributed by atoms with Gasteiger partial charge in [0.2, 0.25) is 0 Å². The van der Waals surface area contributed by atoms with Gasteiger partial charge in [0.25, 0.3) is 0 Å². The molecule has 0 saturated carbocycles. The molecule has 0 heterocycles. The highest BCUT2D eigenvalue weighted by Gasteiger charge is 2.13. The van der Waals surface area contributed by atoms with Crippen molar-refractivity contribution in [2.75, 3.05) is 6.61 Å². The SMILES string of the molecule is CCCCC(CC)COc1ccc(C)cc1C(=O)O. The second-order valence-electron chi connectivity index (χ2n) is 5.03. The number of hydrogen-bond acceptors (Lipinski definition) is 2. The van der Waals surface area contributed by atoms with Gasteiger partial charge in [0.1, 0.15) is 11.3 Å². The van der Waals surface area contributed by atoms with E-state index in [9.17, 15) is 9.90 Å². The van der Waals surface area contributed by atoms with Crippen LogP contribution in [0.15, 0.2) is 18.2 Å². The van der Waals surface area contributed by atoms with E-state index in [1.165, 1.54) is 12.8 Å². The number of carboxylic acid groups (broad SMARTS) is 1. The monoisotopic (exact) mass is 264 g/mol. The van der Waals surface area contributed by atoms with E-state index >= 15 is 0 Å². The van der Waals surface area contributed by atoms with Crippen LogP contribution in [0.3, 0.4) is 0 Å². The molecule has 0 saturated heterocycles. The van der Waals surface area contributed by atoms with Crippen LogP contribution in [0, 0.1) is 12.8 Å². The maximum Gasteiger partial charge on any atom is 0.339 e. The van der Waals surface area contributed by atoms with Crippen molar-refractivity contribution in [3.63, 3.8) is 0 Å². The Labute approximate surface area is 115 Å². The minimum atomic E-state index is -0.930. The Kier molecular flexibility index (Phi) is 6.40. The van der Waals surface area contributed by atoms with Gasteiger partial charge in [0, 0.05) is 0 Å². The van der Waals surface area contributed by atoms with Gasteiger partial charge in [-0.2, -0.15) is 0 Å². The van der Waals surface area contributed by atoms with Crippen LogP contribution in [-0.2, 0) is 0 Å². The lowest BCUT2D eigenvalue weighted by atomic mass is 10.0. The van der Waals surface area contributed by atoms with Gasteiger partial charge in [-0.3, -0.25) is 0 Å².